The highest BCUT2D eigenvalue weighted by atomic mass is 16.4. The molecular weight excluding hydrogens is 206 g/mol. The summed E-state index contributed by atoms with van der Waals surface area (Å²) in [5.74, 6) is -0.986. The van der Waals surface area contributed by atoms with Gasteiger partial charge in [0.2, 0.25) is 5.91 Å². The molecule has 0 spiro atoms. The summed E-state index contributed by atoms with van der Waals surface area (Å²) in [5.41, 5.74) is 6.44. The molecule has 1 atom stereocenters. The predicted octanol–water partition coefficient (Wildman–Crippen LogP) is 0.338. The van der Waals surface area contributed by atoms with Gasteiger partial charge in [-0.3, -0.25) is 4.79 Å². The minimum atomic E-state index is -0.641. The fourth-order valence-electron chi connectivity index (χ4n) is 1.43. The van der Waals surface area contributed by atoms with E-state index in [1.54, 1.807) is 0 Å². The zero-order valence-corrected chi connectivity index (χ0v) is 9.05. The monoisotopic (exact) mass is 221 g/mol. The maximum atomic E-state index is 11.5. The summed E-state index contributed by atoms with van der Waals surface area (Å²) in [5, 5.41) is 14.0. The molecule has 0 radical (unpaired) electrons. The van der Waals surface area contributed by atoms with E-state index >= 15 is 0 Å². The number of carbonyl (C=O) groups excluding carboxylic acids is 1. The van der Waals surface area contributed by atoms with Gasteiger partial charge in [-0.2, -0.15) is 0 Å². The third kappa shape index (κ3) is 2.98. The van der Waals surface area contributed by atoms with Gasteiger partial charge in [-0.15, -0.1) is 0 Å². The Kier molecular flexibility index (Phi) is 4.32. The van der Waals surface area contributed by atoms with E-state index in [-0.39, 0.29) is 11.7 Å². The van der Waals surface area contributed by atoms with Crippen molar-refractivity contribution in [3.8, 4) is 0 Å². The van der Waals surface area contributed by atoms with Gasteiger partial charge in [0.1, 0.15) is 5.92 Å². The smallest absolute Gasteiger partial charge is 0.230 e. The predicted molar refractivity (Wildman–Crippen MR) is 61.1 cm³/mol. The lowest BCUT2D eigenvalue weighted by molar-refractivity contribution is -0.122. The Morgan fingerprint density at radius 1 is 1.50 bits per heavy atom. The topological polar surface area (TPSA) is 87.7 Å². The standard InChI is InChI=1S/C11H15N3O2/c1-13-11(15)9(10(12)14-16)7-8-5-3-2-4-6-8/h2-6,9,16H,7H2,1H3,(H2,12,14)(H,13,15). The van der Waals surface area contributed by atoms with Crippen LogP contribution in [0.2, 0.25) is 0 Å². The molecule has 0 saturated carbocycles. The van der Waals surface area contributed by atoms with Gasteiger partial charge in [-0.1, -0.05) is 35.5 Å². The van der Waals surface area contributed by atoms with Crippen LogP contribution in [0.4, 0.5) is 0 Å². The zero-order valence-electron chi connectivity index (χ0n) is 9.05. The van der Waals surface area contributed by atoms with Crippen LogP contribution < -0.4 is 11.1 Å². The van der Waals surface area contributed by atoms with Crippen molar-refractivity contribution < 1.29 is 10.0 Å². The van der Waals surface area contributed by atoms with Crippen LogP contribution in [0.1, 0.15) is 5.56 Å². The van der Waals surface area contributed by atoms with E-state index < -0.39 is 5.92 Å². The third-order valence-corrected chi connectivity index (χ3v) is 2.32. The summed E-state index contributed by atoms with van der Waals surface area (Å²) in [7, 11) is 1.52. The molecular formula is C11H15N3O2. The Balaban J connectivity index is 2.83. The van der Waals surface area contributed by atoms with E-state index in [0.717, 1.165) is 5.56 Å². The molecule has 4 N–H and O–H groups in total. The molecule has 1 unspecified atom stereocenters. The summed E-state index contributed by atoms with van der Waals surface area (Å²) >= 11 is 0. The Labute approximate surface area is 94.0 Å². The number of nitrogens with zero attached hydrogens (tertiary/aromatic N) is 1. The van der Waals surface area contributed by atoms with Gasteiger partial charge in [0.25, 0.3) is 0 Å². The number of carbonyl (C=O) groups is 1. The minimum Gasteiger partial charge on any atom is -0.409 e. The molecule has 0 aromatic heterocycles. The van der Waals surface area contributed by atoms with Crippen LogP contribution >= 0.6 is 0 Å². The van der Waals surface area contributed by atoms with Gasteiger partial charge < -0.3 is 16.3 Å². The lowest BCUT2D eigenvalue weighted by Crippen LogP contribution is -2.38. The first-order valence-corrected chi connectivity index (χ1v) is 4.92. The second-order valence-corrected chi connectivity index (χ2v) is 3.38. The van der Waals surface area contributed by atoms with Gasteiger partial charge >= 0.3 is 0 Å². The molecule has 0 fully saturated rings. The van der Waals surface area contributed by atoms with Crippen LogP contribution in [0.3, 0.4) is 0 Å². The van der Waals surface area contributed by atoms with Gasteiger partial charge in [0.05, 0.1) is 0 Å². The third-order valence-electron chi connectivity index (χ3n) is 2.32. The van der Waals surface area contributed by atoms with Gasteiger partial charge in [-0.05, 0) is 12.0 Å². The summed E-state index contributed by atoms with van der Waals surface area (Å²) in [6, 6.07) is 9.42. The molecule has 0 saturated heterocycles. The van der Waals surface area contributed by atoms with Crippen LogP contribution in [0.5, 0.6) is 0 Å². The molecule has 0 aliphatic carbocycles. The first-order valence-electron chi connectivity index (χ1n) is 4.92. The molecule has 0 heterocycles. The maximum Gasteiger partial charge on any atom is 0.230 e. The maximum absolute atomic E-state index is 11.5. The van der Waals surface area contributed by atoms with Crippen molar-refractivity contribution in [2.75, 3.05) is 7.05 Å². The van der Waals surface area contributed by atoms with Gasteiger partial charge in [0.15, 0.2) is 5.84 Å². The van der Waals surface area contributed by atoms with Crippen LogP contribution in [-0.2, 0) is 11.2 Å². The van der Waals surface area contributed by atoms with Crippen LogP contribution in [0.25, 0.3) is 0 Å². The highest BCUT2D eigenvalue weighted by molar-refractivity contribution is 6.02. The fraction of sp³-hybridized carbons (Fsp3) is 0.273. The number of oxime groups is 1. The molecule has 1 rings (SSSR count). The van der Waals surface area contributed by atoms with Crippen molar-refractivity contribution in [2.24, 2.45) is 16.8 Å². The molecule has 86 valence electrons. The van der Waals surface area contributed by atoms with Gasteiger partial charge in [-0.25, -0.2) is 0 Å². The van der Waals surface area contributed by atoms with Crippen LogP contribution in [-0.4, -0.2) is 24.0 Å². The molecule has 1 amide bonds. The summed E-state index contributed by atoms with van der Waals surface area (Å²) in [6.45, 7) is 0. The fourth-order valence-corrected chi connectivity index (χ4v) is 1.43. The van der Waals surface area contributed by atoms with E-state index in [4.69, 9.17) is 10.9 Å². The number of rotatable bonds is 4. The van der Waals surface area contributed by atoms with E-state index in [0.29, 0.717) is 6.42 Å². The van der Waals surface area contributed by atoms with E-state index in [1.807, 2.05) is 30.3 Å². The SMILES string of the molecule is CNC(=O)C(Cc1ccccc1)C(N)=NO. The lowest BCUT2D eigenvalue weighted by Gasteiger charge is -2.13. The second-order valence-electron chi connectivity index (χ2n) is 3.38. The number of hydrogen-bond acceptors (Lipinski definition) is 3. The van der Waals surface area contributed by atoms with E-state index in [9.17, 15) is 4.79 Å². The largest absolute Gasteiger partial charge is 0.409 e. The van der Waals surface area contributed by atoms with Crippen molar-refractivity contribution in [1.29, 1.82) is 0 Å². The Hall–Kier alpha value is -2.04. The highest BCUT2D eigenvalue weighted by Crippen LogP contribution is 2.09. The van der Waals surface area contributed by atoms with Crippen molar-refractivity contribution in [3.05, 3.63) is 35.9 Å². The summed E-state index contributed by atoms with van der Waals surface area (Å²) in [6.07, 6.45) is 0.413. The lowest BCUT2D eigenvalue weighted by atomic mass is 9.97. The first kappa shape index (κ1) is 12.0. The quantitative estimate of drug-likeness (QED) is 0.296. The molecule has 0 aliphatic rings. The summed E-state index contributed by atoms with van der Waals surface area (Å²) in [4.78, 5) is 11.5. The molecule has 5 heteroatoms. The van der Waals surface area contributed by atoms with E-state index in [2.05, 4.69) is 10.5 Å². The number of benzene rings is 1. The number of hydrogen-bond donors (Lipinski definition) is 3. The van der Waals surface area contributed by atoms with Crippen molar-refractivity contribution in [2.45, 2.75) is 6.42 Å². The zero-order chi connectivity index (χ0) is 12.0. The van der Waals surface area contributed by atoms with Crippen molar-refractivity contribution >= 4 is 11.7 Å². The van der Waals surface area contributed by atoms with Gasteiger partial charge in [0, 0.05) is 7.05 Å². The number of amides is 1. The van der Waals surface area contributed by atoms with E-state index in [1.165, 1.54) is 7.05 Å². The average Bonchev–Trinajstić information content (AvgIpc) is 2.35. The Morgan fingerprint density at radius 2 is 2.12 bits per heavy atom. The molecule has 5 nitrogen and oxygen atoms in total. The molecule has 1 aromatic carbocycles. The molecule has 0 bridgehead atoms. The average molecular weight is 221 g/mol. The second kappa shape index (κ2) is 5.75. The first-order chi connectivity index (χ1) is 7.69. The van der Waals surface area contributed by atoms with Crippen molar-refractivity contribution in [1.82, 2.24) is 5.32 Å². The van der Waals surface area contributed by atoms with Crippen LogP contribution in [0, 0.1) is 5.92 Å². The molecule has 0 aliphatic heterocycles. The number of nitrogens with two attached hydrogens (primary N) is 1. The van der Waals surface area contributed by atoms with Crippen molar-refractivity contribution in [3.63, 3.8) is 0 Å². The normalized spacial score (nSPS) is 13.2. The highest BCUT2D eigenvalue weighted by Gasteiger charge is 2.22. The molecule has 1 aromatic rings. The van der Waals surface area contributed by atoms with Crippen LogP contribution in [0.15, 0.2) is 35.5 Å². The molecule has 16 heavy (non-hydrogen) atoms. The number of nitrogens with one attached hydrogen (secondary N) is 1. The minimum absolute atomic E-state index is 0.0804. The Morgan fingerprint density at radius 3 is 2.62 bits per heavy atom. The number of amidine groups is 1. The summed E-state index contributed by atoms with van der Waals surface area (Å²) < 4.78 is 0. The Bertz CT molecular complexity index is 376.